The van der Waals surface area contributed by atoms with Crippen molar-refractivity contribution in [1.82, 2.24) is 4.90 Å². The molecule has 0 radical (unpaired) electrons. The van der Waals surface area contributed by atoms with Crippen molar-refractivity contribution in [3.05, 3.63) is 0 Å². The van der Waals surface area contributed by atoms with Gasteiger partial charge in [0.15, 0.2) is 0 Å². The van der Waals surface area contributed by atoms with E-state index in [1.54, 1.807) is 6.92 Å². The van der Waals surface area contributed by atoms with Gasteiger partial charge in [0.25, 0.3) is 0 Å². The molecule has 3 unspecified atom stereocenters. The fourth-order valence-electron chi connectivity index (χ4n) is 2.75. The quantitative estimate of drug-likeness (QED) is 0.779. The molecule has 3 atom stereocenters. The van der Waals surface area contributed by atoms with Crippen LogP contribution in [0.1, 0.15) is 33.1 Å². The van der Waals surface area contributed by atoms with Crippen molar-refractivity contribution in [1.29, 1.82) is 0 Å². The van der Waals surface area contributed by atoms with Crippen LogP contribution < -0.4 is 0 Å². The Hall–Kier alpha value is -1.10. The summed E-state index contributed by atoms with van der Waals surface area (Å²) in [6.07, 6.45) is 2.10. The molecule has 0 spiro atoms. The van der Waals surface area contributed by atoms with E-state index in [4.69, 9.17) is 4.74 Å². The molecule has 1 N–H and O–H groups in total. The zero-order chi connectivity index (χ0) is 12.6. The summed E-state index contributed by atoms with van der Waals surface area (Å²) < 4.78 is 5.38. The number of rotatable bonds is 2. The van der Waals surface area contributed by atoms with Crippen LogP contribution >= 0.6 is 0 Å². The molecule has 2 heterocycles. The number of amides is 1. The second-order valence-electron chi connectivity index (χ2n) is 5.25. The summed E-state index contributed by atoms with van der Waals surface area (Å²) in [4.78, 5) is 25.1. The molecule has 0 aromatic rings. The smallest absolute Gasteiger partial charge is 0.329 e. The molecule has 1 amide bonds. The molecule has 0 aromatic heterocycles. The molecule has 0 aromatic carbocycles. The highest BCUT2D eigenvalue weighted by molar-refractivity contribution is 5.88. The summed E-state index contributed by atoms with van der Waals surface area (Å²) in [7, 11) is 0. The lowest BCUT2D eigenvalue weighted by Gasteiger charge is -2.32. The third kappa shape index (κ3) is 2.04. The van der Waals surface area contributed by atoms with Gasteiger partial charge in [-0.1, -0.05) is 0 Å². The van der Waals surface area contributed by atoms with Gasteiger partial charge in [0, 0.05) is 6.54 Å². The number of hydrogen-bond donors (Lipinski definition) is 1. The van der Waals surface area contributed by atoms with Crippen molar-refractivity contribution in [2.45, 2.75) is 44.8 Å². The second-order valence-corrected chi connectivity index (χ2v) is 5.25. The van der Waals surface area contributed by atoms with Crippen molar-refractivity contribution in [3.63, 3.8) is 0 Å². The summed E-state index contributed by atoms with van der Waals surface area (Å²) in [6.45, 7) is 4.55. The van der Waals surface area contributed by atoms with Gasteiger partial charge in [-0.05, 0) is 33.1 Å². The number of nitrogens with zero attached hydrogens (tertiary/aromatic N) is 1. The maximum atomic E-state index is 12.3. The van der Waals surface area contributed by atoms with E-state index in [-0.39, 0.29) is 17.9 Å². The number of hydrogen-bond acceptors (Lipinski definition) is 3. The number of carbonyl (C=O) groups excluding carboxylic acids is 1. The molecule has 2 fully saturated rings. The molecule has 96 valence electrons. The Bertz CT molecular complexity index is 343. The fourth-order valence-corrected chi connectivity index (χ4v) is 2.75. The maximum absolute atomic E-state index is 12.3. The minimum atomic E-state index is -1.02. The average Bonchev–Trinajstić information content (AvgIpc) is 2.85. The average molecular weight is 241 g/mol. The lowest BCUT2D eigenvalue weighted by atomic mass is 9.96. The molecule has 0 bridgehead atoms. The van der Waals surface area contributed by atoms with Gasteiger partial charge in [-0.15, -0.1) is 0 Å². The monoisotopic (exact) mass is 241 g/mol. The minimum Gasteiger partial charge on any atom is -0.480 e. The van der Waals surface area contributed by atoms with Crippen LogP contribution in [0.3, 0.4) is 0 Å². The molecule has 2 aliphatic heterocycles. The third-order valence-corrected chi connectivity index (χ3v) is 3.92. The minimum absolute atomic E-state index is 0.0586. The second kappa shape index (κ2) is 4.29. The number of ether oxygens (including phenoxy) is 1. The van der Waals surface area contributed by atoms with Crippen molar-refractivity contribution >= 4 is 11.9 Å². The van der Waals surface area contributed by atoms with Crippen LogP contribution in [0.25, 0.3) is 0 Å². The van der Waals surface area contributed by atoms with Crippen LogP contribution in [0.5, 0.6) is 0 Å². The number of carbonyl (C=O) groups is 2. The van der Waals surface area contributed by atoms with E-state index in [0.29, 0.717) is 26.0 Å². The van der Waals surface area contributed by atoms with E-state index in [1.807, 2.05) is 6.92 Å². The molecular weight excluding hydrogens is 222 g/mol. The molecule has 5 heteroatoms. The van der Waals surface area contributed by atoms with Gasteiger partial charge in [-0.2, -0.15) is 0 Å². The summed E-state index contributed by atoms with van der Waals surface area (Å²) in [5.74, 6) is -1.13. The van der Waals surface area contributed by atoms with E-state index in [2.05, 4.69) is 0 Å². The number of likely N-dealkylation sites (tertiary alicyclic amines) is 1. The fraction of sp³-hybridized carbons (Fsp3) is 0.833. The molecule has 2 aliphatic rings. The van der Waals surface area contributed by atoms with Gasteiger partial charge in [0.1, 0.15) is 5.54 Å². The summed E-state index contributed by atoms with van der Waals surface area (Å²) in [5.41, 5.74) is -1.02. The first-order valence-electron chi connectivity index (χ1n) is 6.11. The zero-order valence-electron chi connectivity index (χ0n) is 10.3. The molecular formula is C12H19NO4. The van der Waals surface area contributed by atoms with E-state index in [1.165, 1.54) is 4.90 Å². The largest absolute Gasteiger partial charge is 0.480 e. The molecule has 2 saturated heterocycles. The normalized spacial score (nSPS) is 37.4. The Labute approximate surface area is 101 Å². The molecule has 2 rings (SSSR count). The summed E-state index contributed by atoms with van der Waals surface area (Å²) in [6, 6.07) is 0. The van der Waals surface area contributed by atoms with Crippen LogP contribution in [0.2, 0.25) is 0 Å². The van der Waals surface area contributed by atoms with E-state index in [9.17, 15) is 14.7 Å². The zero-order valence-corrected chi connectivity index (χ0v) is 10.3. The standard InChI is InChI=1S/C12H19NO4/c1-8-6-9(7-17-8)10(14)13-5-3-4-12(13,2)11(15)16/h8-9H,3-7H2,1-2H3,(H,15,16). The topological polar surface area (TPSA) is 66.8 Å². The van der Waals surface area contributed by atoms with Crippen LogP contribution in [0, 0.1) is 5.92 Å². The summed E-state index contributed by atoms with van der Waals surface area (Å²) in [5, 5.41) is 9.26. The van der Waals surface area contributed by atoms with Crippen LogP contribution in [0.15, 0.2) is 0 Å². The Morgan fingerprint density at radius 2 is 2.18 bits per heavy atom. The Kier molecular flexibility index (Phi) is 3.12. The first-order valence-corrected chi connectivity index (χ1v) is 6.11. The molecule has 0 aliphatic carbocycles. The van der Waals surface area contributed by atoms with Gasteiger partial charge in [-0.3, -0.25) is 4.79 Å². The highest BCUT2D eigenvalue weighted by Crippen LogP contribution is 2.32. The van der Waals surface area contributed by atoms with Gasteiger partial charge in [0.2, 0.25) is 5.91 Å². The van der Waals surface area contributed by atoms with E-state index < -0.39 is 11.5 Å². The highest BCUT2D eigenvalue weighted by Gasteiger charge is 2.48. The predicted molar refractivity (Wildman–Crippen MR) is 60.5 cm³/mol. The highest BCUT2D eigenvalue weighted by atomic mass is 16.5. The number of aliphatic carboxylic acids is 1. The predicted octanol–water partition coefficient (Wildman–Crippen LogP) is 0.877. The van der Waals surface area contributed by atoms with Crippen molar-refractivity contribution in [3.8, 4) is 0 Å². The van der Waals surface area contributed by atoms with Crippen LogP contribution in [-0.4, -0.2) is 46.7 Å². The lowest BCUT2D eigenvalue weighted by molar-refractivity contribution is -0.157. The number of carboxylic acid groups (broad SMARTS) is 1. The van der Waals surface area contributed by atoms with Crippen LogP contribution in [-0.2, 0) is 14.3 Å². The van der Waals surface area contributed by atoms with Crippen LogP contribution in [0.4, 0.5) is 0 Å². The molecule has 17 heavy (non-hydrogen) atoms. The van der Waals surface area contributed by atoms with Crippen molar-refractivity contribution < 1.29 is 19.4 Å². The first-order chi connectivity index (χ1) is 7.95. The van der Waals surface area contributed by atoms with E-state index >= 15 is 0 Å². The van der Waals surface area contributed by atoms with Crippen molar-refractivity contribution in [2.75, 3.05) is 13.2 Å². The van der Waals surface area contributed by atoms with Gasteiger partial charge in [0.05, 0.1) is 18.6 Å². The van der Waals surface area contributed by atoms with E-state index in [0.717, 1.165) is 6.42 Å². The van der Waals surface area contributed by atoms with Gasteiger partial charge >= 0.3 is 5.97 Å². The maximum Gasteiger partial charge on any atom is 0.329 e. The third-order valence-electron chi connectivity index (χ3n) is 3.92. The summed E-state index contributed by atoms with van der Waals surface area (Å²) >= 11 is 0. The molecule has 0 saturated carbocycles. The Balaban J connectivity index is 2.11. The van der Waals surface area contributed by atoms with Gasteiger partial charge in [-0.25, -0.2) is 4.79 Å². The lowest BCUT2D eigenvalue weighted by Crippen LogP contribution is -2.52. The molecule has 5 nitrogen and oxygen atoms in total. The Morgan fingerprint density at radius 3 is 2.71 bits per heavy atom. The SMILES string of the molecule is CC1CC(C(=O)N2CCCC2(C)C(=O)O)CO1. The van der Waals surface area contributed by atoms with Gasteiger partial charge < -0.3 is 14.7 Å². The first kappa shape index (κ1) is 12.4. The Morgan fingerprint density at radius 1 is 1.47 bits per heavy atom. The van der Waals surface area contributed by atoms with Crippen molar-refractivity contribution in [2.24, 2.45) is 5.92 Å². The number of carboxylic acids is 1.